The van der Waals surface area contributed by atoms with Gasteiger partial charge >= 0.3 is 0 Å². The summed E-state index contributed by atoms with van der Waals surface area (Å²) in [6, 6.07) is 64.6. The van der Waals surface area contributed by atoms with E-state index in [2.05, 4.69) is 187 Å². The molecule has 9 aromatic rings. The first-order chi connectivity index (χ1) is 25.8. The molecule has 2 aliphatic rings. The highest BCUT2D eigenvalue weighted by molar-refractivity contribution is 6.98. The molecule has 242 valence electrons. The normalized spacial score (nSPS) is 12.5. The minimum absolute atomic E-state index is 0.0679. The second kappa shape index (κ2) is 11.4. The highest BCUT2D eigenvalue weighted by Gasteiger charge is 2.42. The first-order valence-corrected chi connectivity index (χ1v) is 17.8. The van der Waals surface area contributed by atoms with E-state index in [4.69, 9.17) is 9.47 Å². The molecule has 3 heterocycles. The van der Waals surface area contributed by atoms with E-state index in [9.17, 15) is 0 Å². The third-order valence-electron chi connectivity index (χ3n) is 10.8. The molecule has 0 N–H and O–H groups in total. The van der Waals surface area contributed by atoms with Crippen LogP contribution in [0.15, 0.2) is 182 Å². The van der Waals surface area contributed by atoms with Crippen molar-refractivity contribution in [1.82, 2.24) is 4.57 Å². The maximum atomic E-state index is 7.16. The Morgan fingerprint density at radius 1 is 0.365 bits per heavy atom. The third kappa shape index (κ3) is 4.28. The molecule has 0 radical (unpaired) electrons. The van der Waals surface area contributed by atoms with Gasteiger partial charge in [-0.1, -0.05) is 146 Å². The molecule has 3 nitrogen and oxygen atoms in total. The lowest BCUT2D eigenvalue weighted by Crippen LogP contribution is -2.57. The van der Waals surface area contributed by atoms with Gasteiger partial charge in [0.25, 0.3) is 6.71 Å². The summed E-state index contributed by atoms with van der Waals surface area (Å²) in [6.45, 7) is -0.0679. The van der Waals surface area contributed by atoms with E-state index in [1.807, 2.05) is 0 Å². The molecular weight excluding hydrogens is 633 g/mol. The molecule has 0 saturated heterocycles. The monoisotopic (exact) mass is 663 g/mol. The number of nitrogens with zero attached hydrogens (tertiary/aromatic N) is 1. The van der Waals surface area contributed by atoms with Crippen LogP contribution in [0.3, 0.4) is 0 Å². The summed E-state index contributed by atoms with van der Waals surface area (Å²) in [7, 11) is 0. The summed E-state index contributed by atoms with van der Waals surface area (Å²) < 4.78 is 16.4. The Balaban J connectivity index is 1.11. The van der Waals surface area contributed by atoms with Gasteiger partial charge in [0.05, 0.1) is 11.0 Å². The number of fused-ring (bicyclic) bond motifs is 7. The van der Waals surface area contributed by atoms with Gasteiger partial charge in [0.2, 0.25) is 0 Å². The van der Waals surface area contributed by atoms with Gasteiger partial charge in [-0.2, -0.15) is 0 Å². The van der Waals surface area contributed by atoms with Gasteiger partial charge in [-0.25, -0.2) is 0 Å². The molecule has 0 atom stereocenters. The number of aromatic nitrogens is 1. The Kier molecular flexibility index (Phi) is 6.35. The predicted octanol–water partition coefficient (Wildman–Crippen LogP) is 10.5. The van der Waals surface area contributed by atoms with Gasteiger partial charge in [0.1, 0.15) is 23.0 Å². The maximum Gasteiger partial charge on any atom is 0.260 e. The fourth-order valence-electron chi connectivity index (χ4n) is 8.44. The summed E-state index contributed by atoms with van der Waals surface area (Å²) in [5.41, 5.74) is 13.4. The van der Waals surface area contributed by atoms with Crippen LogP contribution in [0.5, 0.6) is 23.0 Å². The summed E-state index contributed by atoms with van der Waals surface area (Å²) in [5.74, 6) is 3.47. The van der Waals surface area contributed by atoms with Crippen molar-refractivity contribution in [2.24, 2.45) is 0 Å². The van der Waals surface area contributed by atoms with Crippen molar-refractivity contribution in [3.05, 3.63) is 182 Å². The number of hydrogen-bond donors (Lipinski definition) is 0. The summed E-state index contributed by atoms with van der Waals surface area (Å²) in [4.78, 5) is 0. The van der Waals surface area contributed by atoms with E-state index < -0.39 is 0 Å². The van der Waals surface area contributed by atoms with Crippen molar-refractivity contribution in [1.29, 1.82) is 0 Å². The minimum atomic E-state index is -0.0679. The van der Waals surface area contributed by atoms with Crippen LogP contribution in [0.2, 0.25) is 0 Å². The molecule has 0 unspecified atom stereocenters. The van der Waals surface area contributed by atoms with Crippen molar-refractivity contribution in [2.45, 2.75) is 0 Å². The van der Waals surface area contributed by atoms with E-state index in [1.165, 1.54) is 21.8 Å². The molecule has 2 aliphatic heterocycles. The second-order valence-corrected chi connectivity index (χ2v) is 13.6. The average Bonchev–Trinajstić information content (AvgIpc) is 3.55. The SMILES string of the molecule is c1ccc(-c2cccc3c2Oc2ccc(-c4ccc(-n5c6ccccc6c6ccccc65)cc4)c4c2B3c2cccc(-c3ccccc3)c2O4)cc1. The average molecular weight is 664 g/mol. The maximum absolute atomic E-state index is 7.16. The van der Waals surface area contributed by atoms with E-state index in [0.717, 1.165) is 78.5 Å². The van der Waals surface area contributed by atoms with Crippen LogP contribution >= 0.6 is 0 Å². The standard InChI is InChI=1S/C48H30BNO2/c1-3-13-31(14-4-1)35-19-11-21-40-46(35)51-44-30-29-37(48-45(44)49(40)41-22-12-20-36(47(41)52-48)32-15-5-2-6-16-32)33-25-27-34(28-26-33)50-42-23-9-7-17-38(42)39-18-8-10-24-43(39)50/h1-30H. The van der Waals surface area contributed by atoms with Crippen LogP contribution in [0.4, 0.5) is 0 Å². The summed E-state index contributed by atoms with van der Waals surface area (Å²) in [5, 5.41) is 2.51. The lowest BCUT2D eigenvalue weighted by molar-refractivity contribution is 0.467. The van der Waals surface area contributed by atoms with E-state index >= 15 is 0 Å². The molecule has 4 heteroatoms. The van der Waals surface area contributed by atoms with Crippen molar-refractivity contribution in [3.63, 3.8) is 0 Å². The van der Waals surface area contributed by atoms with E-state index in [1.54, 1.807) is 0 Å². The van der Waals surface area contributed by atoms with Gasteiger partial charge in [-0.3, -0.25) is 0 Å². The number of hydrogen-bond acceptors (Lipinski definition) is 2. The van der Waals surface area contributed by atoms with Gasteiger partial charge < -0.3 is 14.0 Å². The lowest BCUT2D eigenvalue weighted by Gasteiger charge is -2.35. The third-order valence-corrected chi connectivity index (χ3v) is 10.8. The summed E-state index contributed by atoms with van der Waals surface area (Å²) >= 11 is 0. The number of benzene rings is 8. The van der Waals surface area contributed by atoms with Crippen LogP contribution in [0.1, 0.15) is 0 Å². The summed E-state index contributed by atoms with van der Waals surface area (Å²) in [6.07, 6.45) is 0. The largest absolute Gasteiger partial charge is 0.458 e. The Morgan fingerprint density at radius 2 is 0.865 bits per heavy atom. The Labute approximate surface area is 302 Å². The fraction of sp³-hybridized carbons (Fsp3) is 0. The van der Waals surface area contributed by atoms with Crippen molar-refractivity contribution >= 4 is 44.9 Å². The van der Waals surface area contributed by atoms with Crippen LogP contribution in [0, 0.1) is 0 Å². The first kappa shape index (κ1) is 29.0. The van der Waals surface area contributed by atoms with Gasteiger partial charge in [-0.05, 0) is 64.0 Å². The van der Waals surface area contributed by atoms with Crippen LogP contribution in [0.25, 0.3) is 60.9 Å². The van der Waals surface area contributed by atoms with Crippen molar-refractivity contribution < 1.29 is 9.47 Å². The predicted molar refractivity (Wildman–Crippen MR) is 215 cm³/mol. The topological polar surface area (TPSA) is 23.4 Å². The van der Waals surface area contributed by atoms with Crippen LogP contribution in [-0.4, -0.2) is 11.3 Å². The molecule has 0 amide bonds. The van der Waals surface area contributed by atoms with Gasteiger partial charge in [0.15, 0.2) is 0 Å². The van der Waals surface area contributed by atoms with Crippen molar-refractivity contribution in [2.75, 3.05) is 0 Å². The Bertz CT molecular complexity index is 2780. The fourth-order valence-corrected chi connectivity index (χ4v) is 8.44. The van der Waals surface area contributed by atoms with Gasteiger partial charge in [0, 0.05) is 38.6 Å². The molecular formula is C48H30BNO2. The van der Waals surface area contributed by atoms with Crippen LogP contribution < -0.4 is 25.9 Å². The molecule has 8 aromatic carbocycles. The van der Waals surface area contributed by atoms with Gasteiger partial charge in [-0.15, -0.1) is 0 Å². The quantitative estimate of drug-likeness (QED) is 0.175. The first-order valence-electron chi connectivity index (χ1n) is 17.8. The van der Waals surface area contributed by atoms with E-state index in [0.29, 0.717) is 0 Å². The molecule has 0 spiro atoms. The smallest absolute Gasteiger partial charge is 0.260 e. The minimum Gasteiger partial charge on any atom is -0.458 e. The lowest BCUT2D eigenvalue weighted by atomic mass is 9.34. The number of ether oxygens (including phenoxy) is 2. The second-order valence-electron chi connectivity index (χ2n) is 13.6. The van der Waals surface area contributed by atoms with Crippen molar-refractivity contribution in [3.8, 4) is 62.1 Å². The molecule has 11 rings (SSSR count). The highest BCUT2D eigenvalue weighted by Crippen LogP contribution is 2.45. The molecule has 0 fully saturated rings. The molecule has 1 aromatic heterocycles. The zero-order valence-electron chi connectivity index (χ0n) is 28.2. The Hall–Kier alpha value is -6.78. The highest BCUT2D eigenvalue weighted by atomic mass is 16.5. The molecule has 0 bridgehead atoms. The van der Waals surface area contributed by atoms with E-state index in [-0.39, 0.29) is 6.71 Å². The molecule has 0 aliphatic carbocycles. The number of rotatable bonds is 4. The zero-order chi connectivity index (χ0) is 34.2. The molecule has 0 saturated carbocycles. The van der Waals surface area contributed by atoms with Crippen LogP contribution in [-0.2, 0) is 0 Å². The zero-order valence-corrected chi connectivity index (χ0v) is 28.2. The Morgan fingerprint density at radius 3 is 1.46 bits per heavy atom. The molecule has 52 heavy (non-hydrogen) atoms. The number of para-hydroxylation sites is 4.